The Morgan fingerprint density at radius 1 is 1.14 bits per heavy atom. The highest BCUT2D eigenvalue weighted by atomic mass is 16.2. The molecule has 2 aromatic rings. The van der Waals surface area contributed by atoms with E-state index in [1.165, 1.54) is 11.1 Å². The standard InChI is InChI=1S/C19H22N2O/c1-15-7-9-17(10-8-15)19(22)21-12-11-20-18(14-21)13-16-5-3-2-4-6-16/h2-10,18,20H,11-14H2,1H3. The van der Waals surface area contributed by atoms with Crippen molar-refractivity contribution in [1.82, 2.24) is 10.2 Å². The molecule has 0 aliphatic carbocycles. The number of nitrogens with zero attached hydrogens (tertiary/aromatic N) is 1. The van der Waals surface area contributed by atoms with Crippen LogP contribution in [0.25, 0.3) is 0 Å². The molecule has 0 bridgehead atoms. The van der Waals surface area contributed by atoms with Gasteiger partial charge >= 0.3 is 0 Å². The van der Waals surface area contributed by atoms with Crippen molar-refractivity contribution in [2.24, 2.45) is 0 Å². The summed E-state index contributed by atoms with van der Waals surface area (Å²) in [5.74, 6) is 0.138. The monoisotopic (exact) mass is 294 g/mol. The summed E-state index contributed by atoms with van der Waals surface area (Å²) < 4.78 is 0. The number of benzene rings is 2. The lowest BCUT2D eigenvalue weighted by Gasteiger charge is -2.34. The minimum Gasteiger partial charge on any atom is -0.336 e. The zero-order valence-electron chi connectivity index (χ0n) is 13.0. The highest BCUT2D eigenvalue weighted by molar-refractivity contribution is 5.94. The molecule has 22 heavy (non-hydrogen) atoms. The van der Waals surface area contributed by atoms with Crippen LogP contribution < -0.4 is 5.32 Å². The third-order valence-corrected chi connectivity index (χ3v) is 4.17. The van der Waals surface area contributed by atoms with Crippen LogP contribution in [-0.4, -0.2) is 36.5 Å². The minimum atomic E-state index is 0.138. The summed E-state index contributed by atoms with van der Waals surface area (Å²) in [5, 5.41) is 3.52. The summed E-state index contributed by atoms with van der Waals surface area (Å²) in [4.78, 5) is 14.6. The first-order chi connectivity index (χ1) is 10.7. The van der Waals surface area contributed by atoms with E-state index in [9.17, 15) is 4.79 Å². The zero-order valence-corrected chi connectivity index (χ0v) is 13.0. The molecule has 3 nitrogen and oxygen atoms in total. The summed E-state index contributed by atoms with van der Waals surface area (Å²) in [6, 6.07) is 18.6. The van der Waals surface area contributed by atoms with Gasteiger partial charge in [0, 0.05) is 31.2 Å². The average molecular weight is 294 g/mol. The quantitative estimate of drug-likeness (QED) is 0.944. The van der Waals surface area contributed by atoms with Gasteiger partial charge in [0.15, 0.2) is 0 Å². The normalized spacial score (nSPS) is 18.2. The van der Waals surface area contributed by atoms with Gasteiger partial charge < -0.3 is 10.2 Å². The molecule has 1 atom stereocenters. The number of carbonyl (C=O) groups excluding carboxylic acids is 1. The van der Waals surface area contributed by atoms with Crippen LogP contribution in [0.5, 0.6) is 0 Å². The molecular formula is C19H22N2O. The number of rotatable bonds is 3. The summed E-state index contributed by atoms with van der Waals surface area (Å²) in [7, 11) is 0. The molecular weight excluding hydrogens is 272 g/mol. The molecule has 0 radical (unpaired) electrons. The number of aryl methyl sites for hydroxylation is 1. The van der Waals surface area contributed by atoms with Gasteiger partial charge in [-0.3, -0.25) is 4.79 Å². The van der Waals surface area contributed by atoms with Crippen molar-refractivity contribution in [3.8, 4) is 0 Å². The van der Waals surface area contributed by atoms with Crippen molar-refractivity contribution >= 4 is 5.91 Å². The van der Waals surface area contributed by atoms with Gasteiger partial charge in [0.05, 0.1) is 0 Å². The topological polar surface area (TPSA) is 32.3 Å². The van der Waals surface area contributed by atoms with E-state index in [4.69, 9.17) is 0 Å². The molecule has 1 heterocycles. The second-order valence-corrected chi connectivity index (χ2v) is 5.96. The van der Waals surface area contributed by atoms with Gasteiger partial charge in [0.2, 0.25) is 0 Å². The SMILES string of the molecule is Cc1ccc(C(=O)N2CCNC(Cc3ccccc3)C2)cc1. The van der Waals surface area contributed by atoms with E-state index in [1.54, 1.807) is 0 Å². The Kier molecular flexibility index (Phi) is 4.54. The molecule has 1 N–H and O–H groups in total. The van der Waals surface area contributed by atoms with Gasteiger partial charge in [0.25, 0.3) is 5.91 Å². The molecule has 0 aromatic heterocycles. The maximum absolute atomic E-state index is 12.6. The van der Waals surface area contributed by atoms with Crippen molar-refractivity contribution in [1.29, 1.82) is 0 Å². The second kappa shape index (κ2) is 6.75. The predicted molar refractivity (Wildman–Crippen MR) is 89.0 cm³/mol. The van der Waals surface area contributed by atoms with E-state index < -0.39 is 0 Å². The largest absolute Gasteiger partial charge is 0.336 e. The average Bonchev–Trinajstić information content (AvgIpc) is 2.56. The molecule has 1 saturated heterocycles. The third kappa shape index (κ3) is 3.55. The number of hydrogen-bond donors (Lipinski definition) is 1. The van der Waals surface area contributed by atoms with Crippen LogP contribution in [0, 0.1) is 6.92 Å². The summed E-state index contributed by atoms with van der Waals surface area (Å²) in [5.41, 5.74) is 3.27. The Balaban J connectivity index is 1.65. The van der Waals surface area contributed by atoms with E-state index in [1.807, 2.05) is 42.2 Å². The van der Waals surface area contributed by atoms with Crippen LogP contribution in [0.2, 0.25) is 0 Å². The molecule has 114 valence electrons. The minimum absolute atomic E-state index is 0.138. The van der Waals surface area contributed by atoms with Crippen molar-refractivity contribution in [3.05, 3.63) is 71.3 Å². The Labute approximate surface area is 132 Å². The highest BCUT2D eigenvalue weighted by Crippen LogP contribution is 2.12. The highest BCUT2D eigenvalue weighted by Gasteiger charge is 2.24. The molecule has 1 amide bonds. The summed E-state index contributed by atoms with van der Waals surface area (Å²) in [6.45, 7) is 4.43. The molecule has 2 aromatic carbocycles. The van der Waals surface area contributed by atoms with Gasteiger partial charge in [-0.25, -0.2) is 0 Å². The molecule has 3 rings (SSSR count). The predicted octanol–water partition coefficient (Wildman–Crippen LogP) is 2.65. The molecule has 1 aliphatic heterocycles. The first-order valence-corrected chi connectivity index (χ1v) is 7.85. The van der Waals surface area contributed by atoms with Crippen molar-refractivity contribution in [2.75, 3.05) is 19.6 Å². The van der Waals surface area contributed by atoms with Gasteiger partial charge in [-0.05, 0) is 31.0 Å². The fraction of sp³-hybridized carbons (Fsp3) is 0.316. The molecule has 0 spiro atoms. The van der Waals surface area contributed by atoms with Crippen LogP contribution in [0.15, 0.2) is 54.6 Å². The van der Waals surface area contributed by atoms with Crippen LogP contribution in [-0.2, 0) is 6.42 Å². The fourth-order valence-electron chi connectivity index (χ4n) is 2.92. The molecule has 0 saturated carbocycles. The second-order valence-electron chi connectivity index (χ2n) is 5.96. The Morgan fingerprint density at radius 2 is 1.86 bits per heavy atom. The maximum atomic E-state index is 12.6. The molecule has 1 unspecified atom stereocenters. The van der Waals surface area contributed by atoms with Crippen molar-refractivity contribution in [2.45, 2.75) is 19.4 Å². The Hall–Kier alpha value is -2.13. The Morgan fingerprint density at radius 3 is 2.59 bits per heavy atom. The molecule has 3 heteroatoms. The smallest absolute Gasteiger partial charge is 0.253 e. The van der Waals surface area contributed by atoms with E-state index in [0.717, 1.165) is 31.6 Å². The number of nitrogens with one attached hydrogen (secondary N) is 1. The zero-order chi connectivity index (χ0) is 15.4. The van der Waals surface area contributed by atoms with Crippen molar-refractivity contribution in [3.63, 3.8) is 0 Å². The van der Waals surface area contributed by atoms with Crippen molar-refractivity contribution < 1.29 is 4.79 Å². The molecule has 1 fully saturated rings. The number of piperazine rings is 1. The lowest BCUT2D eigenvalue weighted by molar-refractivity contribution is 0.0703. The summed E-state index contributed by atoms with van der Waals surface area (Å²) in [6.07, 6.45) is 0.957. The van der Waals surface area contributed by atoms with Gasteiger partial charge in [-0.1, -0.05) is 48.0 Å². The van der Waals surface area contributed by atoms with Crippen LogP contribution in [0.4, 0.5) is 0 Å². The summed E-state index contributed by atoms with van der Waals surface area (Å²) >= 11 is 0. The van der Waals surface area contributed by atoms with E-state index in [-0.39, 0.29) is 5.91 Å². The lowest BCUT2D eigenvalue weighted by Crippen LogP contribution is -2.53. The molecule has 1 aliphatic rings. The lowest BCUT2D eigenvalue weighted by atomic mass is 10.0. The first kappa shape index (κ1) is 14.8. The van der Waals surface area contributed by atoms with Gasteiger partial charge in [-0.2, -0.15) is 0 Å². The van der Waals surface area contributed by atoms with Crippen LogP contribution >= 0.6 is 0 Å². The van der Waals surface area contributed by atoms with Gasteiger partial charge in [-0.15, -0.1) is 0 Å². The Bertz CT molecular complexity index is 622. The van der Waals surface area contributed by atoms with Crippen LogP contribution in [0.1, 0.15) is 21.5 Å². The maximum Gasteiger partial charge on any atom is 0.253 e. The number of carbonyl (C=O) groups is 1. The van der Waals surface area contributed by atoms with Gasteiger partial charge in [0.1, 0.15) is 0 Å². The van der Waals surface area contributed by atoms with E-state index in [0.29, 0.717) is 6.04 Å². The number of amides is 1. The first-order valence-electron chi connectivity index (χ1n) is 7.85. The fourth-order valence-corrected chi connectivity index (χ4v) is 2.92. The number of hydrogen-bond acceptors (Lipinski definition) is 2. The third-order valence-electron chi connectivity index (χ3n) is 4.17. The van der Waals surface area contributed by atoms with E-state index in [2.05, 4.69) is 29.6 Å². The van der Waals surface area contributed by atoms with E-state index >= 15 is 0 Å². The van der Waals surface area contributed by atoms with Crippen LogP contribution in [0.3, 0.4) is 0 Å².